The van der Waals surface area contributed by atoms with E-state index in [9.17, 15) is 0 Å². The topological polar surface area (TPSA) is 9.23 Å². The lowest BCUT2D eigenvalue weighted by molar-refractivity contribution is 0.436. The lowest BCUT2D eigenvalue weighted by Crippen LogP contribution is -2.32. The summed E-state index contributed by atoms with van der Waals surface area (Å²) in [7, 11) is 0. The van der Waals surface area contributed by atoms with Crippen molar-refractivity contribution in [1.82, 2.24) is 0 Å². The number of rotatable bonds is 0. The Labute approximate surface area is 176 Å². The van der Waals surface area contributed by atoms with Gasteiger partial charge in [0.25, 0.3) is 0 Å². The fourth-order valence-electron chi connectivity index (χ4n) is 4.86. The molecule has 134 valence electrons. The molecule has 1 atom stereocenters. The van der Waals surface area contributed by atoms with Crippen LogP contribution in [0.3, 0.4) is 0 Å². The first-order chi connectivity index (χ1) is 13.7. The summed E-state index contributed by atoms with van der Waals surface area (Å²) >= 11 is 9.99. The number of hydrogen-bond acceptors (Lipinski definition) is 1. The van der Waals surface area contributed by atoms with Crippen molar-refractivity contribution in [3.8, 4) is 22.6 Å². The van der Waals surface area contributed by atoms with Gasteiger partial charge in [-0.25, -0.2) is 0 Å². The monoisotopic (exact) mass is 444 g/mol. The Balaban J connectivity index is 1.84. The number of para-hydroxylation sites is 1. The Bertz CT molecular complexity index is 1280. The zero-order valence-corrected chi connectivity index (χ0v) is 17.1. The summed E-state index contributed by atoms with van der Waals surface area (Å²) in [6.07, 6.45) is 0. The van der Waals surface area contributed by atoms with Crippen LogP contribution >= 0.6 is 27.5 Å². The quantitative estimate of drug-likeness (QED) is 0.234. The average molecular weight is 446 g/mol. The van der Waals surface area contributed by atoms with Crippen LogP contribution in [0, 0.1) is 0 Å². The van der Waals surface area contributed by atoms with E-state index in [1.807, 2.05) is 24.3 Å². The highest BCUT2D eigenvalue weighted by molar-refractivity contribution is 9.10. The first kappa shape index (κ1) is 16.4. The second-order valence-electron chi connectivity index (χ2n) is 7.22. The van der Waals surface area contributed by atoms with E-state index >= 15 is 0 Å². The summed E-state index contributed by atoms with van der Waals surface area (Å²) in [6, 6.07) is 29.6. The molecule has 4 aromatic carbocycles. The lowest BCUT2D eigenvalue weighted by atomic mass is 9.66. The van der Waals surface area contributed by atoms with E-state index in [0.29, 0.717) is 5.02 Å². The summed E-state index contributed by atoms with van der Waals surface area (Å²) in [5, 5.41) is 0.676. The molecule has 0 fully saturated rings. The second-order valence-corrected chi connectivity index (χ2v) is 8.58. The molecule has 0 N–H and O–H groups in total. The molecule has 3 heteroatoms. The highest BCUT2D eigenvalue weighted by Crippen LogP contribution is 2.62. The number of halogens is 2. The van der Waals surface area contributed by atoms with E-state index in [1.165, 1.54) is 27.8 Å². The van der Waals surface area contributed by atoms with Crippen LogP contribution in [0.5, 0.6) is 11.5 Å². The van der Waals surface area contributed by atoms with Crippen LogP contribution in [0.1, 0.15) is 22.3 Å². The predicted octanol–water partition coefficient (Wildman–Crippen LogP) is 7.57. The van der Waals surface area contributed by atoms with Gasteiger partial charge >= 0.3 is 0 Å². The molecule has 0 amide bonds. The van der Waals surface area contributed by atoms with Crippen molar-refractivity contribution in [2.75, 3.05) is 0 Å². The first-order valence-corrected chi connectivity index (χ1v) is 10.3. The number of hydrogen-bond donors (Lipinski definition) is 0. The van der Waals surface area contributed by atoms with Gasteiger partial charge in [-0.05, 0) is 52.6 Å². The molecule has 0 aromatic heterocycles. The molecule has 0 saturated heterocycles. The largest absolute Gasteiger partial charge is 0.457 e. The van der Waals surface area contributed by atoms with Gasteiger partial charge in [0.05, 0.1) is 5.41 Å². The van der Waals surface area contributed by atoms with Crippen LogP contribution in [0.2, 0.25) is 5.02 Å². The van der Waals surface area contributed by atoms with Gasteiger partial charge in [0.1, 0.15) is 11.5 Å². The third kappa shape index (κ3) is 1.97. The van der Waals surface area contributed by atoms with E-state index in [2.05, 4.69) is 76.6 Å². The van der Waals surface area contributed by atoms with Crippen molar-refractivity contribution >= 4 is 27.5 Å². The highest BCUT2D eigenvalue weighted by Gasteiger charge is 2.50. The SMILES string of the molecule is Clc1ccc2c(c1)Oc1ccccc1C21c2ccccc2-c2cc(Br)ccc21. The van der Waals surface area contributed by atoms with Crippen LogP contribution in [-0.2, 0) is 5.41 Å². The minimum absolute atomic E-state index is 0.415. The Morgan fingerprint density at radius 2 is 1.32 bits per heavy atom. The maximum atomic E-state index is 6.33. The summed E-state index contributed by atoms with van der Waals surface area (Å²) in [6.45, 7) is 0. The van der Waals surface area contributed by atoms with Crippen molar-refractivity contribution in [2.45, 2.75) is 5.41 Å². The Kier molecular flexibility index (Phi) is 3.36. The average Bonchev–Trinajstić information content (AvgIpc) is 2.99. The van der Waals surface area contributed by atoms with Crippen LogP contribution in [-0.4, -0.2) is 0 Å². The molecular formula is C25H14BrClO. The molecule has 2 aliphatic rings. The van der Waals surface area contributed by atoms with Gasteiger partial charge in [-0.1, -0.05) is 82.1 Å². The first-order valence-electron chi connectivity index (χ1n) is 9.17. The summed E-state index contributed by atoms with van der Waals surface area (Å²) in [4.78, 5) is 0. The van der Waals surface area contributed by atoms with Crippen LogP contribution in [0.4, 0.5) is 0 Å². The van der Waals surface area contributed by atoms with Gasteiger partial charge in [-0.2, -0.15) is 0 Å². The van der Waals surface area contributed by atoms with Gasteiger partial charge in [-0.3, -0.25) is 0 Å². The van der Waals surface area contributed by atoms with E-state index in [-0.39, 0.29) is 0 Å². The van der Waals surface area contributed by atoms with Gasteiger partial charge in [0, 0.05) is 20.6 Å². The summed E-state index contributed by atoms with van der Waals surface area (Å²) in [5.74, 6) is 1.69. The van der Waals surface area contributed by atoms with Crippen molar-refractivity contribution in [3.05, 3.63) is 117 Å². The summed E-state index contributed by atoms with van der Waals surface area (Å²) < 4.78 is 7.38. The molecule has 1 nitrogen and oxygen atoms in total. The van der Waals surface area contributed by atoms with Crippen LogP contribution in [0.15, 0.2) is 89.4 Å². The maximum Gasteiger partial charge on any atom is 0.133 e. The normalized spacial score (nSPS) is 18.1. The molecule has 0 radical (unpaired) electrons. The van der Waals surface area contributed by atoms with Crippen molar-refractivity contribution < 1.29 is 4.74 Å². The highest BCUT2D eigenvalue weighted by atomic mass is 79.9. The Morgan fingerprint density at radius 1 is 0.643 bits per heavy atom. The molecule has 1 aliphatic heterocycles. The Hall–Kier alpha value is -2.55. The van der Waals surface area contributed by atoms with Crippen LogP contribution < -0.4 is 4.74 Å². The van der Waals surface area contributed by atoms with Gasteiger partial charge in [0.2, 0.25) is 0 Å². The molecule has 4 aromatic rings. The van der Waals surface area contributed by atoms with Gasteiger partial charge < -0.3 is 4.74 Å². The standard InChI is InChI=1S/C25H14BrClO/c26-15-9-11-20-18(13-15)17-5-1-2-6-19(17)25(20)21-7-3-4-8-23(21)28-24-14-16(27)10-12-22(24)25/h1-14H. The maximum absolute atomic E-state index is 6.33. The number of ether oxygens (including phenoxy) is 1. The fourth-order valence-corrected chi connectivity index (χ4v) is 5.38. The van der Waals surface area contributed by atoms with Crippen molar-refractivity contribution in [3.63, 3.8) is 0 Å². The van der Waals surface area contributed by atoms with Gasteiger partial charge in [0.15, 0.2) is 0 Å². The zero-order valence-electron chi connectivity index (χ0n) is 14.7. The third-order valence-electron chi connectivity index (χ3n) is 5.87. The molecule has 1 aliphatic carbocycles. The molecular weight excluding hydrogens is 432 g/mol. The minimum atomic E-state index is -0.415. The number of fused-ring (bicyclic) bond motifs is 9. The van der Waals surface area contributed by atoms with E-state index in [0.717, 1.165) is 21.5 Å². The van der Waals surface area contributed by atoms with Crippen LogP contribution in [0.25, 0.3) is 11.1 Å². The van der Waals surface area contributed by atoms with E-state index < -0.39 is 5.41 Å². The van der Waals surface area contributed by atoms with Crippen molar-refractivity contribution in [1.29, 1.82) is 0 Å². The van der Waals surface area contributed by atoms with E-state index in [1.54, 1.807) is 0 Å². The fraction of sp³-hybridized carbons (Fsp3) is 0.0400. The second kappa shape index (κ2) is 5.73. The summed E-state index contributed by atoms with van der Waals surface area (Å²) in [5.41, 5.74) is 6.95. The molecule has 0 bridgehead atoms. The smallest absolute Gasteiger partial charge is 0.133 e. The zero-order chi connectivity index (χ0) is 18.9. The molecule has 1 unspecified atom stereocenters. The molecule has 1 heterocycles. The molecule has 1 spiro atoms. The minimum Gasteiger partial charge on any atom is -0.457 e. The lowest BCUT2D eigenvalue weighted by Gasteiger charge is -2.39. The molecule has 28 heavy (non-hydrogen) atoms. The molecule has 6 rings (SSSR count). The van der Waals surface area contributed by atoms with Crippen molar-refractivity contribution in [2.24, 2.45) is 0 Å². The predicted molar refractivity (Wildman–Crippen MR) is 117 cm³/mol. The Morgan fingerprint density at radius 3 is 2.21 bits per heavy atom. The van der Waals surface area contributed by atoms with Gasteiger partial charge in [-0.15, -0.1) is 0 Å². The third-order valence-corrected chi connectivity index (χ3v) is 6.59. The van der Waals surface area contributed by atoms with E-state index in [4.69, 9.17) is 16.3 Å². The number of benzene rings is 4. The molecule has 0 saturated carbocycles.